The van der Waals surface area contributed by atoms with Gasteiger partial charge >= 0.3 is 0 Å². The van der Waals surface area contributed by atoms with E-state index >= 15 is 0 Å². The molecular formula is C40H66N8. The molecule has 0 unspecified atom stereocenters. The fourth-order valence-electron chi connectivity index (χ4n) is 5.32. The number of benzene rings is 2. The second-order valence-electron chi connectivity index (χ2n) is 13.8. The van der Waals surface area contributed by atoms with Gasteiger partial charge in [0.2, 0.25) is 0 Å². The zero-order valence-electron chi connectivity index (χ0n) is 30.6. The van der Waals surface area contributed by atoms with Gasteiger partial charge in [-0.2, -0.15) is 0 Å². The Labute approximate surface area is 292 Å². The van der Waals surface area contributed by atoms with Crippen LogP contribution in [-0.4, -0.2) is 75.4 Å². The summed E-state index contributed by atoms with van der Waals surface area (Å²) in [6.45, 7) is 21.6. The van der Waals surface area contributed by atoms with Crippen molar-refractivity contribution in [3.63, 3.8) is 0 Å². The minimum Gasteiger partial charge on any atom is -0.317 e. The maximum absolute atomic E-state index is 4.89. The van der Waals surface area contributed by atoms with Crippen LogP contribution in [-0.2, 0) is 13.1 Å². The van der Waals surface area contributed by atoms with Gasteiger partial charge < -0.3 is 31.9 Å². The van der Waals surface area contributed by atoms with Crippen molar-refractivity contribution in [3.8, 4) is 22.6 Å². The number of aromatic nitrogens is 2. The SMILES string of the molecule is CC(C)CCNCCCNCCCNCc1ccc(-c2ccnc(-c3ccc(CNCCCNCCCNCCC(C)C)cc3)n2)cc1. The first-order chi connectivity index (χ1) is 23.5. The topological polar surface area (TPSA) is 98.0 Å². The first-order valence-electron chi connectivity index (χ1n) is 18.8. The molecule has 0 aliphatic carbocycles. The van der Waals surface area contributed by atoms with E-state index in [1.165, 1.54) is 36.8 Å². The van der Waals surface area contributed by atoms with Crippen LogP contribution in [0.3, 0.4) is 0 Å². The van der Waals surface area contributed by atoms with Crippen LogP contribution in [0.2, 0.25) is 0 Å². The molecule has 0 spiro atoms. The van der Waals surface area contributed by atoms with Crippen LogP contribution < -0.4 is 31.9 Å². The standard InChI is InChI=1S/C40H66N8/c1-33(2)17-28-43-24-5-20-41-22-7-26-45-31-35-9-13-37(14-10-35)39-19-30-47-40(48-39)38-15-11-36(12-16-38)32-46-27-8-23-42-21-6-25-44-29-18-34(3)4/h9-16,19,30,33-34,41-46H,5-8,17-18,20-29,31-32H2,1-4H3. The summed E-state index contributed by atoms with van der Waals surface area (Å²) in [6.07, 6.45) is 9.01. The van der Waals surface area contributed by atoms with Gasteiger partial charge in [-0.05, 0) is 133 Å². The van der Waals surface area contributed by atoms with E-state index in [4.69, 9.17) is 4.98 Å². The van der Waals surface area contributed by atoms with Crippen LogP contribution in [0.4, 0.5) is 0 Å². The van der Waals surface area contributed by atoms with E-state index in [9.17, 15) is 0 Å². The van der Waals surface area contributed by atoms with Crippen molar-refractivity contribution in [1.29, 1.82) is 0 Å². The van der Waals surface area contributed by atoms with E-state index in [0.717, 1.165) is 126 Å². The van der Waals surface area contributed by atoms with Gasteiger partial charge in [-0.15, -0.1) is 0 Å². The Hall–Kier alpha value is -2.72. The molecule has 0 amide bonds. The third-order valence-corrected chi connectivity index (χ3v) is 8.40. The van der Waals surface area contributed by atoms with Gasteiger partial charge in [-0.1, -0.05) is 76.2 Å². The predicted molar refractivity (Wildman–Crippen MR) is 205 cm³/mol. The lowest BCUT2D eigenvalue weighted by Crippen LogP contribution is -2.25. The number of rotatable bonds is 28. The highest BCUT2D eigenvalue weighted by atomic mass is 14.9. The molecule has 0 atom stereocenters. The molecular weight excluding hydrogens is 592 g/mol. The smallest absolute Gasteiger partial charge is 0.159 e. The minimum absolute atomic E-state index is 0.759. The Bertz CT molecular complexity index is 1110. The Morgan fingerprint density at radius 3 is 1.29 bits per heavy atom. The summed E-state index contributed by atoms with van der Waals surface area (Å²) in [5.41, 5.74) is 5.66. The molecule has 8 heteroatoms. The summed E-state index contributed by atoms with van der Waals surface area (Å²) in [7, 11) is 0. The van der Waals surface area contributed by atoms with Gasteiger partial charge in [-0.25, -0.2) is 9.97 Å². The average molecular weight is 659 g/mol. The van der Waals surface area contributed by atoms with Crippen molar-refractivity contribution >= 4 is 0 Å². The summed E-state index contributed by atoms with van der Waals surface area (Å²) >= 11 is 0. The largest absolute Gasteiger partial charge is 0.317 e. The van der Waals surface area contributed by atoms with Crippen molar-refractivity contribution < 1.29 is 0 Å². The Morgan fingerprint density at radius 1 is 0.458 bits per heavy atom. The molecule has 0 bridgehead atoms. The van der Waals surface area contributed by atoms with E-state index in [-0.39, 0.29) is 0 Å². The highest BCUT2D eigenvalue weighted by Gasteiger charge is 2.06. The number of nitrogens with zero attached hydrogens (tertiary/aromatic N) is 2. The molecule has 0 saturated heterocycles. The third-order valence-electron chi connectivity index (χ3n) is 8.40. The van der Waals surface area contributed by atoms with Crippen LogP contribution in [0.5, 0.6) is 0 Å². The fourth-order valence-corrected chi connectivity index (χ4v) is 5.32. The molecule has 0 aliphatic rings. The fraction of sp³-hybridized carbons (Fsp3) is 0.600. The first kappa shape index (κ1) is 39.7. The minimum atomic E-state index is 0.759. The van der Waals surface area contributed by atoms with Crippen molar-refractivity contribution in [2.75, 3.05) is 65.4 Å². The van der Waals surface area contributed by atoms with E-state index in [2.05, 4.69) is 113 Å². The monoisotopic (exact) mass is 659 g/mol. The van der Waals surface area contributed by atoms with Crippen LogP contribution in [0.15, 0.2) is 60.8 Å². The second kappa shape index (κ2) is 25.3. The van der Waals surface area contributed by atoms with Crippen molar-refractivity contribution in [2.45, 2.75) is 79.3 Å². The van der Waals surface area contributed by atoms with Crippen molar-refractivity contribution in [2.24, 2.45) is 11.8 Å². The summed E-state index contributed by atoms with van der Waals surface area (Å²) in [6, 6.07) is 19.3. The van der Waals surface area contributed by atoms with Gasteiger partial charge in [0.25, 0.3) is 0 Å². The highest BCUT2D eigenvalue weighted by Crippen LogP contribution is 2.22. The molecule has 8 nitrogen and oxygen atoms in total. The molecule has 1 aromatic heterocycles. The molecule has 6 N–H and O–H groups in total. The molecule has 3 aromatic rings. The third kappa shape index (κ3) is 18.2. The summed E-state index contributed by atoms with van der Waals surface area (Å²) in [4.78, 5) is 9.45. The summed E-state index contributed by atoms with van der Waals surface area (Å²) in [5.74, 6) is 2.32. The lowest BCUT2D eigenvalue weighted by atomic mass is 10.1. The van der Waals surface area contributed by atoms with Crippen LogP contribution in [0, 0.1) is 11.8 Å². The Kier molecular flexibility index (Phi) is 20.9. The maximum atomic E-state index is 4.89. The molecule has 266 valence electrons. The first-order valence-corrected chi connectivity index (χ1v) is 18.8. The van der Waals surface area contributed by atoms with Gasteiger partial charge in [0.05, 0.1) is 5.69 Å². The second-order valence-corrected chi connectivity index (χ2v) is 13.8. The zero-order chi connectivity index (χ0) is 34.1. The molecule has 0 fully saturated rings. The van der Waals surface area contributed by atoms with Gasteiger partial charge in [0.15, 0.2) is 5.82 Å². The molecule has 3 rings (SSSR count). The molecule has 0 radical (unpaired) electrons. The number of nitrogens with one attached hydrogen (secondary N) is 6. The van der Waals surface area contributed by atoms with Crippen molar-refractivity contribution in [1.82, 2.24) is 41.9 Å². The predicted octanol–water partition coefficient (Wildman–Crippen LogP) is 6.00. The van der Waals surface area contributed by atoms with E-state index in [0.29, 0.717) is 0 Å². The quantitative estimate of drug-likeness (QED) is 0.0529. The van der Waals surface area contributed by atoms with E-state index in [1.807, 2.05) is 12.3 Å². The number of hydrogen-bond donors (Lipinski definition) is 6. The van der Waals surface area contributed by atoms with E-state index < -0.39 is 0 Å². The van der Waals surface area contributed by atoms with Crippen LogP contribution >= 0.6 is 0 Å². The molecule has 48 heavy (non-hydrogen) atoms. The Morgan fingerprint density at radius 2 is 0.854 bits per heavy atom. The molecule has 0 saturated carbocycles. The zero-order valence-corrected chi connectivity index (χ0v) is 30.6. The van der Waals surface area contributed by atoms with Crippen molar-refractivity contribution in [3.05, 3.63) is 71.9 Å². The average Bonchev–Trinajstić information content (AvgIpc) is 3.09. The number of hydrogen-bond acceptors (Lipinski definition) is 8. The Balaban J connectivity index is 1.26. The van der Waals surface area contributed by atoms with Crippen LogP contribution in [0.25, 0.3) is 22.6 Å². The highest BCUT2D eigenvalue weighted by molar-refractivity contribution is 5.63. The lowest BCUT2D eigenvalue weighted by molar-refractivity contribution is 0.520. The van der Waals surface area contributed by atoms with Crippen LogP contribution in [0.1, 0.15) is 77.3 Å². The van der Waals surface area contributed by atoms with Gasteiger partial charge in [0, 0.05) is 30.4 Å². The molecule has 1 heterocycles. The lowest BCUT2D eigenvalue weighted by Gasteiger charge is -2.09. The summed E-state index contributed by atoms with van der Waals surface area (Å²) < 4.78 is 0. The summed E-state index contributed by atoms with van der Waals surface area (Å²) in [5, 5.41) is 21.3. The van der Waals surface area contributed by atoms with Gasteiger partial charge in [-0.3, -0.25) is 0 Å². The molecule has 0 aliphatic heterocycles. The maximum Gasteiger partial charge on any atom is 0.159 e. The van der Waals surface area contributed by atoms with Gasteiger partial charge in [0.1, 0.15) is 0 Å². The normalized spacial score (nSPS) is 11.6. The van der Waals surface area contributed by atoms with E-state index in [1.54, 1.807) is 0 Å². The molecule has 2 aromatic carbocycles.